The molecule has 0 saturated heterocycles. The maximum Gasteiger partial charge on any atom is 0.438 e. The molecule has 5 nitrogen and oxygen atoms in total. The van der Waals surface area contributed by atoms with Crippen LogP contribution in [0.1, 0.15) is 13.8 Å². The van der Waals surface area contributed by atoms with Crippen molar-refractivity contribution in [2.75, 3.05) is 7.05 Å². The molecule has 0 aliphatic heterocycles. The number of carbonyl (C=O) groups excluding carboxylic acids is 2. The van der Waals surface area contributed by atoms with Crippen molar-refractivity contribution < 1.29 is 14.3 Å². The number of amides is 3. The first kappa shape index (κ1) is 9.74. The number of nitrogens with zero attached hydrogens (tertiary/aromatic N) is 1. The van der Waals surface area contributed by atoms with E-state index in [0.717, 1.165) is 0 Å². The predicted octanol–water partition coefficient (Wildman–Crippen LogP) is 0.475. The van der Waals surface area contributed by atoms with E-state index in [1.54, 1.807) is 13.8 Å². The third kappa shape index (κ3) is 5.20. The van der Waals surface area contributed by atoms with Crippen LogP contribution in [0.25, 0.3) is 0 Å². The molecule has 63 valence electrons. The standard InChI is InChI=1S/C6H11N2O3/c1-4(2)11-6(10)8-5(9)7-3/h4H,1-3H3,(H,7,9). The quantitative estimate of drug-likeness (QED) is 0.604. The number of rotatable bonds is 1. The van der Waals surface area contributed by atoms with E-state index in [0.29, 0.717) is 0 Å². The Morgan fingerprint density at radius 2 is 2.00 bits per heavy atom. The summed E-state index contributed by atoms with van der Waals surface area (Å²) in [7, 11) is 1.38. The van der Waals surface area contributed by atoms with Crippen molar-refractivity contribution in [3.8, 4) is 0 Å². The zero-order valence-corrected chi connectivity index (χ0v) is 6.75. The molecule has 0 aromatic carbocycles. The van der Waals surface area contributed by atoms with E-state index in [4.69, 9.17) is 0 Å². The zero-order valence-electron chi connectivity index (χ0n) is 6.75. The van der Waals surface area contributed by atoms with Gasteiger partial charge < -0.3 is 10.1 Å². The van der Waals surface area contributed by atoms with Crippen molar-refractivity contribution in [1.82, 2.24) is 10.6 Å². The lowest BCUT2D eigenvalue weighted by Gasteiger charge is -2.05. The molecule has 1 radical (unpaired) electrons. The Hall–Kier alpha value is -1.26. The molecule has 0 bridgehead atoms. The lowest BCUT2D eigenvalue weighted by atomic mass is 10.5. The zero-order chi connectivity index (χ0) is 8.85. The highest BCUT2D eigenvalue weighted by Gasteiger charge is 2.10. The minimum Gasteiger partial charge on any atom is -0.445 e. The van der Waals surface area contributed by atoms with E-state index in [1.165, 1.54) is 7.05 Å². The van der Waals surface area contributed by atoms with Crippen molar-refractivity contribution in [2.24, 2.45) is 0 Å². The lowest BCUT2D eigenvalue weighted by molar-refractivity contribution is 0.116. The molecule has 0 aliphatic rings. The van der Waals surface area contributed by atoms with Gasteiger partial charge in [0.15, 0.2) is 0 Å². The Morgan fingerprint density at radius 3 is 2.36 bits per heavy atom. The summed E-state index contributed by atoms with van der Waals surface area (Å²) in [6.07, 6.45) is -1.12. The van der Waals surface area contributed by atoms with Gasteiger partial charge in [0, 0.05) is 7.05 Å². The van der Waals surface area contributed by atoms with Gasteiger partial charge >= 0.3 is 12.1 Å². The van der Waals surface area contributed by atoms with Crippen LogP contribution in [0.4, 0.5) is 9.59 Å². The number of ether oxygens (including phenoxy) is 1. The number of imide groups is 1. The number of nitrogens with one attached hydrogen (secondary N) is 1. The topological polar surface area (TPSA) is 69.5 Å². The van der Waals surface area contributed by atoms with Gasteiger partial charge in [0.05, 0.1) is 6.10 Å². The lowest BCUT2D eigenvalue weighted by Crippen LogP contribution is -2.32. The van der Waals surface area contributed by atoms with Crippen molar-refractivity contribution in [3.05, 3.63) is 0 Å². The normalized spacial score (nSPS) is 9.09. The Bertz CT molecular complexity index is 156. The SMILES string of the molecule is CNC(=O)[N]C(=O)OC(C)C. The molecule has 0 atom stereocenters. The fraction of sp³-hybridized carbons (Fsp3) is 0.667. The van der Waals surface area contributed by atoms with Gasteiger partial charge in [-0.15, -0.1) is 5.32 Å². The molecular formula is C6H11N2O3. The number of hydrogen-bond donors (Lipinski definition) is 1. The smallest absolute Gasteiger partial charge is 0.438 e. The molecule has 0 saturated carbocycles. The molecule has 11 heavy (non-hydrogen) atoms. The van der Waals surface area contributed by atoms with E-state index in [1.807, 2.05) is 0 Å². The van der Waals surface area contributed by atoms with Crippen molar-refractivity contribution >= 4 is 12.1 Å². The van der Waals surface area contributed by atoms with E-state index in [-0.39, 0.29) is 6.10 Å². The van der Waals surface area contributed by atoms with Crippen molar-refractivity contribution in [1.29, 1.82) is 0 Å². The van der Waals surface area contributed by atoms with Gasteiger partial charge in [0.25, 0.3) is 0 Å². The summed E-state index contributed by atoms with van der Waals surface area (Å²) in [4.78, 5) is 21.0. The van der Waals surface area contributed by atoms with Crippen LogP contribution in [0.15, 0.2) is 0 Å². The van der Waals surface area contributed by atoms with Crippen LogP contribution in [0.5, 0.6) is 0 Å². The molecule has 0 heterocycles. The molecule has 5 heteroatoms. The Labute approximate surface area is 65.1 Å². The maximum atomic E-state index is 10.6. The number of hydrogen-bond acceptors (Lipinski definition) is 3. The van der Waals surface area contributed by atoms with Crippen LogP contribution in [0.2, 0.25) is 0 Å². The molecule has 0 aromatic heterocycles. The fourth-order valence-electron chi connectivity index (χ4n) is 0.367. The molecular weight excluding hydrogens is 148 g/mol. The average molecular weight is 159 g/mol. The highest BCUT2D eigenvalue weighted by molar-refractivity contribution is 5.89. The first-order valence-electron chi connectivity index (χ1n) is 3.20. The highest BCUT2D eigenvalue weighted by atomic mass is 16.6. The first-order valence-corrected chi connectivity index (χ1v) is 3.20. The van der Waals surface area contributed by atoms with Crippen LogP contribution in [0.3, 0.4) is 0 Å². The fourth-order valence-corrected chi connectivity index (χ4v) is 0.367. The van der Waals surface area contributed by atoms with Crippen LogP contribution in [-0.2, 0) is 4.74 Å². The minimum absolute atomic E-state index is 0.254. The summed E-state index contributed by atoms with van der Waals surface area (Å²) in [5.41, 5.74) is 0. The van der Waals surface area contributed by atoms with Crippen LogP contribution in [-0.4, -0.2) is 25.3 Å². The Morgan fingerprint density at radius 1 is 1.45 bits per heavy atom. The van der Waals surface area contributed by atoms with Crippen LogP contribution in [0, 0.1) is 0 Å². The second-order valence-electron chi connectivity index (χ2n) is 2.10. The molecule has 1 N–H and O–H groups in total. The number of urea groups is 1. The summed E-state index contributed by atoms with van der Waals surface area (Å²) in [6.45, 7) is 3.36. The summed E-state index contributed by atoms with van der Waals surface area (Å²) >= 11 is 0. The third-order valence-corrected chi connectivity index (χ3v) is 0.743. The molecule has 0 aliphatic carbocycles. The van der Waals surface area contributed by atoms with Crippen LogP contribution < -0.4 is 10.6 Å². The highest BCUT2D eigenvalue weighted by Crippen LogP contribution is 1.88. The van der Waals surface area contributed by atoms with Crippen molar-refractivity contribution in [3.63, 3.8) is 0 Å². The Kier molecular flexibility index (Phi) is 4.02. The molecule has 3 amide bonds. The monoisotopic (exact) mass is 159 g/mol. The molecule has 0 fully saturated rings. The second-order valence-corrected chi connectivity index (χ2v) is 2.10. The van der Waals surface area contributed by atoms with Crippen molar-refractivity contribution in [2.45, 2.75) is 20.0 Å². The van der Waals surface area contributed by atoms with E-state index in [9.17, 15) is 9.59 Å². The van der Waals surface area contributed by atoms with Crippen LogP contribution >= 0.6 is 0 Å². The van der Waals surface area contributed by atoms with E-state index >= 15 is 0 Å². The van der Waals surface area contributed by atoms with Gasteiger partial charge in [0.2, 0.25) is 0 Å². The summed E-state index contributed by atoms with van der Waals surface area (Å²) in [5, 5.41) is 5.19. The second kappa shape index (κ2) is 4.54. The van der Waals surface area contributed by atoms with E-state index in [2.05, 4.69) is 15.4 Å². The minimum atomic E-state index is -0.862. The molecule has 0 unspecified atom stereocenters. The van der Waals surface area contributed by atoms with Gasteiger partial charge in [-0.25, -0.2) is 9.59 Å². The Balaban J connectivity index is 3.61. The maximum absolute atomic E-state index is 10.6. The first-order chi connectivity index (χ1) is 5.06. The van der Waals surface area contributed by atoms with Gasteiger partial charge in [-0.1, -0.05) is 0 Å². The summed E-state index contributed by atoms with van der Waals surface area (Å²) in [5.74, 6) is 0. The molecule has 0 aromatic rings. The number of carbonyl (C=O) groups is 2. The third-order valence-electron chi connectivity index (χ3n) is 0.743. The summed E-state index contributed by atoms with van der Waals surface area (Å²) < 4.78 is 4.56. The predicted molar refractivity (Wildman–Crippen MR) is 38.2 cm³/mol. The van der Waals surface area contributed by atoms with Gasteiger partial charge in [-0.3, -0.25) is 0 Å². The van der Waals surface area contributed by atoms with Gasteiger partial charge in [-0.05, 0) is 13.8 Å². The van der Waals surface area contributed by atoms with E-state index < -0.39 is 12.1 Å². The average Bonchev–Trinajstić information content (AvgIpc) is 1.85. The molecule has 0 spiro atoms. The summed E-state index contributed by atoms with van der Waals surface area (Å²) in [6, 6.07) is -0.698. The van der Waals surface area contributed by atoms with Gasteiger partial charge in [-0.2, -0.15) is 0 Å². The van der Waals surface area contributed by atoms with Gasteiger partial charge in [0.1, 0.15) is 0 Å². The largest absolute Gasteiger partial charge is 0.445 e. The molecule has 0 rings (SSSR count).